The quantitative estimate of drug-likeness (QED) is 0.728. The summed E-state index contributed by atoms with van der Waals surface area (Å²) >= 11 is 0. The van der Waals surface area contributed by atoms with Gasteiger partial charge in [0, 0.05) is 6.54 Å². The van der Waals surface area contributed by atoms with Crippen LogP contribution in [0.25, 0.3) is 0 Å². The van der Waals surface area contributed by atoms with Crippen LogP contribution in [0, 0.1) is 0 Å². The van der Waals surface area contributed by atoms with Crippen molar-refractivity contribution in [2.24, 2.45) is 5.73 Å². The number of rotatable bonds is 2. The Kier molecular flexibility index (Phi) is 2.82. The zero-order valence-electron chi connectivity index (χ0n) is 8.07. The van der Waals surface area contributed by atoms with Crippen LogP contribution in [0.1, 0.15) is 22.8 Å². The Morgan fingerprint density at radius 3 is 3.07 bits per heavy atom. The minimum atomic E-state index is -0.539. The molecule has 1 aromatic rings. The van der Waals surface area contributed by atoms with Crippen LogP contribution in [0.15, 0.2) is 18.2 Å². The standard InChI is InChI=1S/C11H15NO2/c12-6-11(13)9-1-2-10-7-14-4-3-8(10)5-9/h1-2,5,11,13H,3-4,6-7,12H2. The molecule has 0 saturated carbocycles. The molecule has 0 fully saturated rings. The van der Waals surface area contributed by atoms with E-state index in [9.17, 15) is 5.11 Å². The topological polar surface area (TPSA) is 55.5 Å². The molecule has 0 spiro atoms. The van der Waals surface area contributed by atoms with E-state index < -0.39 is 6.10 Å². The lowest BCUT2D eigenvalue weighted by Gasteiger charge is -2.18. The normalized spacial score (nSPS) is 17.6. The summed E-state index contributed by atoms with van der Waals surface area (Å²) in [6, 6.07) is 5.98. The molecule has 1 aliphatic rings. The highest BCUT2D eigenvalue weighted by atomic mass is 16.5. The first kappa shape index (κ1) is 9.65. The molecular weight excluding hydrogens is 178 g/mol. The molecule has 1 aliphatic heterocycles. The van der Waals surface area contributed by atoms with Crippen molar-refractivity contribution in [3.63, 3.8) is 0 Å². The molecule has 3 heteroatoms. The minimum Gasteiger partial charge on any atom is -0.387 e. The molecule has 0 bridgehead atoms. The Labute approximate surface area is 83.5 Å². The van der Waals surface area contributed by atoms with E-state index in [2.05, 4.69) is 0 Å². The lowest BCUT2D eigenvalue weighted by atomic mass is 9.98. The monoisotopic (exact) mass is 193 g/mol. The zero-order chi connectivity index (χ0) is 9.97. The number of hydrogen-bond acceptors (Lipinski definition) is 3. The van der Waals surface area contributed by atoms with Crippen molar-refractivity contribution < 1.29 is 9.84 Å². The van der Waals surface area contributed by atoms with E-state index in [1.54, 1.807) is 0 Å². The number of ether oxygens (including phenoxy) is 1. The fraction of sp³-hybridized carbons (Fsp3) is 0.455. The summed E-state index contributed by atoms with van der Waals surface area (Å²) in [7, 11) is 0. The largest absolute Gasteiger partial charge is 0.387 e. The van der Waals surface area contributed by atoms with Gasteiger partial charge in [-0.2, -0.15) is 0 Å². The fourth-order valence-electron chi connectivity index (χ4n) is 1.73. The summed E-state index contributed by atoms with van der Waals surface area (Å²) in [5, 5.41) is 9.57. The second-order valence-corrected chi connectivity index (χ2v) is 3.58. The van der Waals surface area contributed by atoms with Gasteiger partial charge in [-0.05, 0) is 23.1 Å². The SMILES string of the molecule is NCC(O)c1ccc2c(c1)CCOC2. The molecule has 0 radical (unpaired) electrons. The van der Waals surface area contributed by atoms with Crippen LogP contribution in [0.4, 0.5) is 0 Å². The van der Waals surface area contributed by atoms with Crippen LogP contribution in [-0.4, -0.2) is 18.3 Å². The highest BCUT2D eigenvalue weighted by Crippen LogP contribution is 2.21. The molecule has 1 aromatic carbocycles. The molecule has 76 valence electrons. The molecule has 3 nitrogen and oxygen atoms in total. The number of aliphatic hydroxyl groups excluding tert-OH is 1. The molecule has 14 heavy (non-hydrogen) atoms. The van der Waals surface area contributed by atoms with Crippen LogP contribution < -0.4 is 5.73 Å². The number of benzene rings is 1. The molecule has 3 N–H and O–H groups in total. The Morgan fingerprint density at radius 1 is 1.43 bits per heavy atom. The van der Waals surface area contributed by atoms with Gasteiger partial charge in [0.1, 0.15) is 0 Å². The molecule has 2 rings (SSSR count). The van der Waals surface area contributed by atoms with E-state index in [-0.39, 0.29) is 6.54 Å². The molecule has 0 aromatic heterocycles. The number of nitrogens with two attached hydrogens (primary N) is 1. The van der Waals surface area contributed by atoms with Gasteiger partial charge in [0.2, 0.25) is 0 Å². The molecule has 1 unspecified atom stereocenters. The van der Waals surface area contributed by atoms with Crippen LogP contribution in [-0.2, 0) is 17.8 Å². The Balaban J connectivity index is 2.29. The summed E-state index contributed by atoms with van der Waals surface area (Å²) in [6.07, 6.45) is 0.392. The first-order valence-corrected chi connectivity index (χ1v) is 4.89. The second-order valence-electron chi connectivity index (χ2n) is 3.58. The predicted molar refractivity (Wildman–Crippen MR) is 53.8 cm³/mol. The zero-order valence-corrected chi connectivity index (χ0v) is 8.07. The first-order chi connectivity index (χ1) is 6.81. The maximum atomic E-state index is 9.57. The molecule has 1 heterocycles. The molecular formula is C11H15NO2. The van der Waals surface area contributed by atoms with E-state index in [0.717, 1.165) is 18.6 Å². The Morgan fingerprint density at radius 2 is 2.29 bits per heavy atom. The third kappa shape index (κ3) is 1.80. The average molecular weight is 193 g/mol. The third-order valence-electron chi connectivity index (χ3n) is 2.61. The van der Waals surface area contributed by atoms with Crippen LogP contribution in [0.5, 0.6) is 0 Å². The van der Waals surface area contributed by atoms with Crippen LogP contribution in [0.2, 0.25) is 0 Å². The van der Waals surface area contributed by atoms with Crippen molar-refractivity contribution in [2.45, 2.75) is 19.1 Å². The van der Waals surface area contributed by atoms with E-state index >= 15 is 0 Å². The fourth-order valence-corrected chi connectivity index (χ4v) is 1.73. The smallest absolute Gasteiger partial charge is 0.0912 e. The Hall–Kier alpha value is -0.900. The van der Waals surface area contributed by atoms with E-state index in [4.69, 9.17) is 10.5 Å². The average Bonchev–Trinajstić information content (AvgIpc) is 2.27. The van der Waals surface area contributed by atoms with Gasteiger partial charge in [0.25, 0.3) is 0 Å². The van der Waals surface area contributed by atoms with Crippen molar-refractivity contribution in [1.82, 2.24) is 0 Å². The Bertz CT molecular complexity index is 325. The summed E-state index contributed by atoms with van der Waals surface area (Å²) < 4.78 is 5.34. The highest BCUT2D eigenvalue weighted by molar-refractivity contribution is 5.34. The highest BCUT2D eigenvalue weighted by Gasteiger charge is 2.12. The van der Waals surface area contributed by atoms with E-state index in [0.29, 0.717) is 6.61 Å². The summed E-state index contributed by atoms with van der Waals surface area (Å²) in [4.78, 5) is 0. The molecule has 0 amide bonds. The van der Waals surface area contributed by atoms with E-state index in [1.165, 1.54) is 11.1 Å². The first-order valence-electron chi connectivity index (χ1n) is 4.89. The molecule has 1 atom stereocenters. The van der Waals surface area contributed by atoms with Gasteiger partial charge < -0.3 is 15.6 Å². The molecule has 0 aliphatic carbocycles. The second kappa shape index (κ2) is 4.09. The van der Waals surface area contributed by atoms with Crippen molar-refractivity contribution in [2.75, 3.05) is 13.2 Å². The molecule has 0 saturated heterocycles. The van der Waals surface area contributed by atoms with Crippen molar-refractivity contribution in [3.05, 3.63) is 34.9 Å². The van der Waals surface area contributed by atoms with Crippen molar-refractivity contribution in [3.8, 4) is 0 Å². The summed E-state index contributed by atoms with van der Waals surface area (Å²) in [5.41, 5.74) is 8.82. The van der Waals surface area contributed by atoms with E-state index in [1.807, 2.05) is 18.2 Å². The van der Waals surface area contributed by atoms with Gasteiger partial charge in [0.15, 0.2) is 0 Å². The van der Waals surface area contributed by atoms with Crippen molar-refractivity contribution in [1.29, 1.82) is 0 Å². The lowest BCUT2D eigenvalue weighted by Crippen LogP contribution is -2.14. The van der Waals surface area contributed by atoms with Gasteiger partial charge in [-0.3, -0.25) is 0 Å². The van der Waals surface area contributed by atoms with Crippen LogP contribution >= 0.6 is 0 Å². The number of aliphatic hydroxyl groups is 1. The maximum absolute atomic E-state index is 9.57. The maximum Gasteiger partial charge on any atom is 0.0912 e. The van der Waals surface area contributed by atoms with Gasteiger partial charge >= 0.3 is 0 Å². The van der Waals surface area contributed by atoms with Crippen molar-refractivity contribution >= 4 is 0 Å². The van der Waals surface area contributed by atoms with Gasteiger partial charge in [-0.15, -0.1) is 0 Å². The van der Waals surface area contributed by atoms with Crippen LogP contribution in [0.3, 0.4) is 0 Å². The summed E-state index contributed by atoms with van der Waals surface area (Å²) in [6.45, 7) is 1.73. The number of hydrogen-bond donors (Lipinski definition) is 2. The minimum absolute atomic E-state index is 0.273. The van der Waals surface area contributed by atoms with Gasteiger partial charge in [0.05, 0.1) is 19.3 Å². The summed E-state index contributed by atoms with van der Waals surface area (Å²) in [5.74, 6) is 0. The lowest BCUT2D eigenvalue weighted by molar-refractivity contribution is 0.110. The van der Waals surface area contributed by atoms with Gasteiger partial charge in [-0.25, -0.2) is 0 Å². The van der Waals surface area contributed by atoms with Gasteiger partial charge in [-0.1, -0.05) is 18.2 Å². The third-order valence-corrected chi connectivity index (χ3v) is 2.61. The number of fused-ring (bicyclic) bond motifs is 1. The predicted octanol–water partition coefficient (Wildman–Crippen LogP) is 0.751.